The van der Waals surface area contributed by atoms with Gasteiger partial charge in [0.25, 0.3) is 0 Å². The minimum Gasteiger partial charge on any atom is -0.508 e. The van der Waals surface area contributed by atoms with Crippen LogP contribution in [0.3, 0.4) is 0 Å². The summed E-state index contributed by atoms with van der Waals surface area (Å²) in [6.07, 6.45) is 3.21. The summed E-state index contributed by atoms with van der Waals surface area (Å²) in [5.74, 6) is -0.295. The van der Waals surface area contributed by atoms with E-state index in [1.54, 1.807) is 12.1 Å². The van der Waals surface area contributed by atoms with Crippen LogP contribution in [0.25, 0.3) is 0 Å². The lowest BCUT2D eigenvalue weighted by molar-refractivity contribution is 0.0695. The number of hydrogen-bond donors (Lipinski definition) is 2. The van der Waals surface area contributed by atoms with Crippen LogP contribution in [0.4, 0.5) is 0 Å². The van der Waals surface area contributed by atoms with Crippen molar-refractivity contribution in [3.8, 4) is 5.75 Å². The van der Waals surface area contributed by atoms with Crippen molar-refractivity contribution in [1.82, 2.24) is 0 Å². The van der Waals surface area contributed by atoms with E-state index in [0.717, 1.165) is 12.0 Å². The Kier molecular flexibility index (Phi) is 2.15. The third-order valence-corrected chi connectivity index (χ3v) is 2.53. The molecule has 0 heterocycles. The van der Waals surface area contributed by atoms with E-state index in [-0.39, 0.29) is 11.3 Å². The molecule has 1 aromatic rings. The highest BCUT2D eigenvalue weighted by Crippen LogP contribution is 2.34. The molecule has 1 aromatic carbocycles. The van der Waals surface area contributed by atoms with E-state index in [4.69, 9.17) is 5.11 Å². The van der Waals surface area contributed by atoms with Crippen LogP contribution >= 0.6 is 0 Å². The second kappa shape index (κ2) is 3.33. The van der Waals surface area contributed by atoms with Gasteiger partial charge in [0.2, 0.25) is 0 Å². The molecule has 0 spiro atoms. The standard InChI is InChI=1S/C11H12O3/c12-9-4-3-8(5-7-1-2-7)10(6-9)11(13)14/h3-4,6-7,12H,1-2,5H2,(H,13,14). The molecule has 0 radical (unpaired) electrons. The summed E-state index contributed by atoms with van der Waals surface area (Å²) in [6, 6.07) is 4.57. The number of carbonyl (C=O) groups is 1. The van der Waals surface area contributed by atoms with E-state index in [0.29, 0.717) is 5.92 Å². The highest BCUT2D eigenvalue weighted by atomic mass is 16.4. The van der Waals surface area contributed by atoms with E-state index >= 15 is 0 Å². The van der Waals surface area contributed by atoms with Crippen molar-refractivity contribution < 1.29 is 15.0 Å². The van der Waals surface area contributed by atoms with Gasteiger partial charge in [-0.1, -0.05) is 6.07 Å². The van der Waals surface area contributed by atoms with Crippen LogP contribution in [0.5, 0.6) is 5.75 Å². The highest BCUT2D eigenvalue weighted by molar-refractivity contribution is 5.89. The smallest absolute Gasteiger partial charge is 0.336 e. The van der Waals surface area contributed by atoms with Crippen LogP contribution in [0.1, 0.15) is 28.8 Å². The molecule has 0 bridgehead atoms. The van der Waals surface area contributed by atoms with Gasteiger partial charge < -0.3 is 10.2 Å². The molecule has 14 heavy (non-hydrogen) atoms. The van der Waals surface area contributed by atoms with E-state index in [2.05, 4.69) is 0 Å². The first kappa shape index (κ1) is 9.06. The van der Waals surface area contributed by atoms with Gasteiger partial charge in [0.15, 0.2) is 0 Å². The fourth-order valence-corrected chi connectivity index (χ4v) is 1.57. The quantitative estimate of drug-likeness (QED) is 0.770. The van der Waals surface area contributed by atoms with Crippen molar-refractivity contribution in [2.24, 2.45) is 5.92 Å². The predicted octanol–water partition coefficient (Wildman–Crippen LogP) is 2.04. The maximum atomic E-state index is 10.9. The number of aromatic hydroxyl groups is 1. The maximum absolute atomic E-state index is 10.9. The van der Waals surface area contributed by atoms with Gasteiger partial charge in [-0.25, -0.2) is 4.79 Å². The number of phenolic OH excluding ortho intramolecular Hbond substituents is 1. The molecule has 3 heteroatoms. The van der Waals surface area contributed by atoms with Crippen molar-refractivity contribution in [3.05, 3.63) is 29.3 Å². The van der Waals surface area contributed by atoms with Gasteiger partial charge in [0, 0.05) is 0 Å². The molecule has 2 N–H and O–H groups in total. The maximum Gasteiger partial charge on any atom is 0.336 e. The first-order valence-electron chi connectivity index (χ1n) is 4.72. The first-order chi connectivity index (χ1) is 6.66. The largest absolute Gasteiger partial charge is 0.508 e. The van der Waals surface area contributed by atoms with Crippen molar-refractivity contribution in [2.75, 3.05) is 0 Å². The number of aromatic carboxylic acids is 1. The fraction of sp³-hybridized carbons (Fsp3) is 0.364. The molecule has 74 valence electrons. The molecule has 3 nitrogen and oxygen atoms in total. The van der Waals surface area contributed by atoms with E-state index < -0.39 is 5.97 Å². The normalized spacial score (nSPS) is 15.4. The van der Waals surface area contributed by atoms with Crippen LogP contribution in [0.2, 0.25) is 0 Å². The van der Waals surface area contributed by atoms with Gasteiger partial charge in [-0.3, -0.25) is 0 Å². The molecule has 0 amide bonds. The van der Waals surface area contributed by atoms with Gasteiger partial charge in [-0.2, -0.15) is 0 Å². The number of hydrogen-bond acceptors (Lipinski definition) is 2. The lowest BCUT2D eigenvalue weighted by atomic mass is 10.0. The Morgan fingerprint density at radius 3 is 2.71 bits per heavy atom. The molecule has 0 unspecified atom stereocenters. The zero-order valence-corrected chi connectivity index (χ0v) is 7.73. The van der Waals surface area contributed by atoms with Gasteiger partial charge in [0.05, 0.1) is 5.56 Å². The number of benzene rings is 1. The highest BCUT2D eigenvalue weighted by Gasteiger charge is 2.23. The number of phenols is 1. The summed E-state index contributed by atoms with van der Waals surface area (Å²) < 4.78 is 0. The predicted molar refractivity (Wildman–Crippen MR) is 51.5 cm³/mol. The van der Waals surface area contributed by atoms with Crippen LogP contribution < -0.4 is 0 Å². The molecule has 1 aliphatic rings. The molecule has 0 aromatic heterocycles. The molecule has 1 aliphatic carbocycles. The molecule has 2 rings (SSSR count). The van der Waals surface area contributed by atoms with Gasteiger partial charge in [0.1, 0.15) is 5.75 Å². The minimum atomic E-state index is -0.962. The summed E-state index contributed by atoms with van der Waals surface area (Å²) in [7, 11) is 0. The lowest BCUT2D eigenvalue weighted by Gasteiger charge is -2.05. The van der Waals surface area contributed by atoms with Crippen LogP contribution in [0, 0.1) is 5.92 Å². The van der Waals surface area contributed by atoms with Crippen LogP contribution in [-0.4, -0.2) is 16.2 Å². The number of carboxylic acids is 1. The molecular weight excluding hydrogens is 180 g/mol. The van der Waals surface area contributed by atoms with Gasteiger partial charge >= 0.3 is 5.97 Å². The molecule has 0 saturated heterocycles. The minimum absolute atomic E-state index is 0.0157. The van der Waals surface area contributed by atoms with E-state index in [1.165, 1.54) is 18.9 Å². The summed E-state index contributed by atoms with van der Waals surface area (Å²) in [5, 5.41) is 18.1. The summed E-state index contributed by atoms with van der Waals surface area (Å²) in [6.45, 7) is 0. The molecule has 1 fully saturated rings. The first-order valence-corrected chi connectivity index (χ1v) is 4.72. The zero-order chi connectivity index (χ0) is 10.1. The fourth-order valence-electron chi connectivity index (χ4n) is 1.57. The van der Waals surface area contributed by atoms with Gasteiger partial charge in [-0.05, 0) is 42.9 Å². The van der Waals surface area contributed by atoms with Crippen LogP contribution in [-0.2, 0) is 6.42 Å². The SMILES string of the molecule is O=C(O)c1cc(O)ccc1CC1CC1. The second-order valence-electron chi connectivity index (χ2n) is 3.79. The topological polar surface area (TPSA) is 57.5 Å². The molecule has 0 aliphatic heterocycles. The van der Waals surface area contributed by atoms with E-state index in [9.17, 15) is 9.90 Å². The average Bonchev–Trinajstić information content (AvgIpc) is 2.91. The summed E-state index contributed by atoms with van der Waals surface area (Å²) >= 11 is 0. The number of carboxylic acid groups (broad SMARTS) is 1. The third-order valence-electron chi connectivity index (χ3n) is 2.53. The Hall–Kier alpha value is -1.51. The molecular formula is C11H12O3. The Morgan fingerprint density at radius 1 is 1.43 bits per heavy atom. The molecule has 1 saturated carbocycles. The summed E-state index contributed by atoms with van der Waals surface area (Å²) in [4.78, 5) is 10.9. The number of rotatable bonds is 3. The second-order valence-corrected chi connectivity index (χ2v) is 3.79. The van der Waals surface area contributed by atoms with Crippen molar-refractivity contribution in [1.29, 1.82) is 0 Å². The van der Waals surface area contributed by atoms with E-state index in [1.807, 2.05) is 0 Å². The van der Waals surface area contributed by atoms with Crippen molar-refractivity contribution >= 4 is 5.97 Å². The Labute approximate surface area is 82.0 Å². The Morgan fingerprint density at radius 2 is 2.14 bits per heavy atom. The molecule has 0 atom stereocenters. The monoisotopic (exact) mass is 192 g/mol. The average molecular weight is 192 g/mol. The van der Waals surface area contributed by atoms with Gasteiger partial charge in [-0.15, -0.1) is 0 Å². The zero-order valence-electron chi connectivity index (χ0n) is 7.73. The Bertz CT molecular complexity index is 367. The summed E-state index contributed by atoms with van der Waals surface area (Å²) in [5.41, 5.74) is 1.06. The lowest BCUT2D eigenvalue weighted by Crippen LogP contribution is -2.02. The third kappa shape index (κ3) is 1.87. The van der Waals surface area contributed by atoms with Crippen LogP contribution in [0.15, 0.2) is 18.2 Å². The van der Waals surface area contributed by atoms with Crippen molar-refractivity contribution in [2.45, 2.75) is 19.3 Å². The Balaban J connectivity index is 2.31. The van der Waals surface area contributed by atoms with Crippen molar-refractivity contribution in [3.63, 3.8) is 0 Å².